The van der Waals surface area contributed by atoms with Gasteiger partial charge in [0.2, 0.25) is 5.91 Å². The number of carbonyl (C=O) groups excluding carboxylic acids is 1. The van der Waals surface area contributed by atoms with E-state index >= 15 is 0 Å². The average Bonchev–Trinajstić information content (AvgIpc) is 2.71. The Morgan fingerprint density at radius 3 is 2.89 bits per heavy atom. The molecule has 2 rings (SSSR count). The van der Waals surface area contributed by atoms with E-state index in [2.05, 4.69) is 23.0 Å². The van der Waals surface area contributed by atoms with Gasteiger partial charge in [0.05, 0.1) is 11.0 Å². The number of carbonyl (C=O) groups is 1. The van der Waals surface area contributed by atoms with Crippen molar-refractivity contribution in [1.82, 2.24) is 14.9 Å². The van der Waals surface area contributed by atoms with Crippen LogP contribution in [0.15, 0.2) is 18.2 Å². The van der Waals surface area contributed by atoms with Gasteiger partial charge in [-0.25, -0.2) is 4.98 Å². The number of aryl methyl sites for hydroxylation is 1. The highest BCUT2D eigenvalue weighted by Gasteiger charge is 2.06. The molecule has 2 aromatic rings. The molecule has 1 aromatic carbocycles. The first kappa shape index (κ1) is 12.6. The molecule has 0 atom stereocenters. The Bertz CT molecular complexity index is 559. The van der Waals surface area contributed by atoms with Crippen molar-refractivity contribution in [3.8, 4) is 0 Å². The number of imidazole rings is 1. The largest absolute Gasteiger partial charge is 0.342 e. The molecule has 1 amide bonds. The molecule has 0 aliphatic heterocycles. The Hall–Kier alpha value is -1.84. The number of aromatic nitrogens is 2. The van der Waals surface area contributed by atoms with Crippen molar-refractivity contribution in [1.29, 1.82) is 0 Å². The van der Waals surface area contributed by atoms with Crippen molar-refractivity contribution in [2.45, 2.75) is 33.2 Å². The van der Waals surface area contributed by atoms with Gasteiger partial charge in [0, 0.05) is 26.9 Å². The number of fused-ring (bicyclic) bond motifs is 1. The molecule has 4 nitrogen and oxygen atoms in total. The average molecular weight is 245 g/mol. The van der Waals surface area contributed by atoms with E-state index in [1.807, 2.05) is 19.2 Å². The van der Waals surface area contributed by atoms with Crippen LogP contribution in [0, 0.1) is 0 Å². The van der Waals surface area contributed by atoms with Crippen LogP contribution in [0.5, 0.6) is 0 Å². The zero-order chi connectivity index (χ0) is 13.1. The molecule has 0 saturated heterocycles. The first-order valence-electron chi connectivity index (χ1n) is 6.29. The van der Waals surface area contributed by atoms with Gasteiger partial charge in [0.1, 0.15) is 5.82 Å². The lowest BCUT2D eigenvalue weighted by Crippen LogP contribution is -2.22. The zero-order valence-corrected chi connectivity index (χ0v) is 11.2. The van der Waals surface area contributed by atoms with Crippen molar-refractivity contribution in [3.63, 3.8) is 0 Å². The van der Waals surface area contributed by atoms with E-state index in [1.165, 1.54) is 0 Å². The summed E-state index contributed by atoms with van der Waals surface area (Å²) in [6.45, 7) is 4.35. The minimum atomic E-state index is 0.0754. The van der Waals surface area contributed by atoms with Crippen LogP contribution in [0.25, 0.3) is 11.0 Å². The van der Waals surface area contributed by atoms with Gasteiger partial charge in [0.15, 0.2) is 0 Å². The summed E-state index contributed by atoms with van der Waals surface area (Å²) in [6, 6.07) is 6.10. The molecule has 18 heavy (non-hydrogen) atoms. The minimum Gasteiger partial charge on any atom is -0.342 e. The summed E-state index contributed by atoms with van der Waals surface area (Å²) in [5, 5.41) is 0. The van der Waals surface area contributed by atoms with Crippen LogP contribution in [-0.2, 0) is 17.8 Å². The normalized spacial score (nSPS) is 10.8. The Labute approximate surface area is 107 Å². The third-order valence-electron chi connectivity index (χ3n) is 3.04. The minimum absolute atomic E-state index is 0.0754. The van der Waals surface area contributed by atoms with Crippen molar-refractivity contribution >= 4 is 16.9 Å². The van der Waals surface area contributed by atoms with Crippen molar-refractivity contribution in [2.75, 3.05) is 7.05 Å². The summed E-state index contributed by atoms with van der Waals surface area (Å²) in [5.74, 6) is 1.11. The molecule has 0 saturated carbocycles. The van der Waals surface area contributed by atoms with E-state index in [-0.39, 0.29) is 5.91 Å². The fourth-order valence-corrected chi connectivity index (χ4v) is 1.95. The molecule has 0 bridgehead atoms. The maximum absolute atomic E-state index is 11.2. The Morgan fingerprint density at radius 1 is 1.44 bits per heavy atom. The quantitative estimate of drug-likeness (QED) is 0.899. The van der Waals surface area contributed by atoms with E-state index in [9.17, 15) is 4.79 Å². The van der Waals surface area contributed by atoms with Crippen LogP contribution in [-0.4, -0.2) is 27.8 Å². The number of aromatic amines is 1. The highest BCUT2D eigenvalue weighted by atomic mass is 16.2. The highest BCUT2D eigenvalue weighted by Crippen LogP contribution is 2.15. The second-order valence-electron chi connectivity index (χ2n) is 4.66. The van der Waals surface area contributed by atoms with Gasteiger partial charge >= 0.3 is 0 Å². The fourth-order valence-electron chi connectivity index (χ4n) is 1.95. The standard InChI is InChI=1S/C14H19N3O/c1-4-5-14-15-12-7-6-11(8-13(12)16-14)9-17(3)10(2)18/h6-8H,4-5,9H2,1-3H3,(H,15,16). The van der Waals surface area contributed by atoms with Gasteiger partial charge in [-0.15, -0.1) is 0 Å². The summed E-state index contributed by atoms with van der Waals surface area (Å²) in [7, 11) is 1.81. The molecule has 4 heteroatoms. The predicted molar refractivity (Wildman–Crippen MR) is 72.2 cm³/mol. The van der Waals surface area contributed by atoms with Crippen LogP contribution in [0.3, 0.4) is 0 Å². The fraction of sp³-hybridized carbons (Fsp3) is 0.429. The number of amides is 1. The van der Waals surface area contributed by atoms with Gasteiger partial charge in [-0.2, -0.15) is 0 Å². The predicted octanol–water partition coefficient (Wildman–Crippen LogP) is 2.49. The lowest BCUT2D eigenvalue weighted by Gasteiger charge is -2.14. The molecule has 0 radical (unpaired) electrons. The second kappa shape index (κ2) is 5.21. The van der Waals surface area contributed by atoms with Gasteiger partial charge < -0.3 is 9.88 Å². The smallest absolute Gasteiger partial charge is 0.219 e. The van der Waals surface area contributed by atoms with Crippen molar-refractivity contribution in [2.24, 2.45) is 0 Å². The third-order valence-corrected chi connectivity index (χ3v) is 3.04. The maximum atomic E-state index is 11.2. The Balaban J connectivity index is 2.23. The van der Waals surface area contributed by atoms with E-state index in [0.717, 1.165) is 35.3 Å². The summed E-state index contributed by atoms with van der Waals surface area (Å²) in [5.41, 5.74) is 3.16. The van der Waals surface area contributed by atoms with Crippen LogP contribution < -0.4 is 0 Å². The monoisotopic (exact) mass is 245 g/mol. The summed E-state index contributed by atoms with van der Waals surface area (Å²) in [4.78, 5) is 20.8. The lowest BCUT2D eigenvalue weighted by atomic mass is 10.2. The van der Waals surface area contributed by atoms with Crippen LogP contribution in [0.1, 0.15) is 31.7 Å². The third kappa shape index (κ3) is 2.70. The molecular formula is C14H19N3O. The Kier molecular flexibility index (Phi) is 3.65. The summed E-state index contributed by atoms with van der Waals surface area (Å²) in [6.07, 6.45) is 2.05. The number of nitrogens with one attached hydrogen (secondary N) is 1. The van der Waals surface area contributed by atoms with Gasteiger partial charge in [-0.05, 0) is 24.1 Å². The van der Waals surface area contributed by atoms with Crippen molar-refractivity contribution in [3.05, 3.63) is 29.6 Å². The van der Waals surface area contributed by atoms with E-state index in [4.69, 9.17) is 0 Å². The molecular weight excluding hydrogens is 226 g/mol. The number of H-pyrrole nitrogens is 1. The van der Waals surface area contributed by atoms with E-state index in [1.54, 1.807) is 11.8 Å². The van der Waals surface area contributed by atoms with Gasteiger partial charge in [-0.1, -0.05) is 13.0 Å². The Morgan fingerprint density at radius 2 is 2.22 bits per heavy atom. The van der Waals surface area contributed by atoms with Crippen LogP contribution in [0.2, 0.25) is 0 Å². The molecule has 0 aliphatic rings. The zero-order valence-electron chi connectivity index (χ0n) is 11.2. The molecule has 96 valence electrons. The van der Waals surface area contributed by atoms with Crippen molar-refractivity contribution < 1.29 is 4.79 Å². The highest BCUT2D eigenvalue weighted by molar-refractivity contribution is 5.76. The first-order valence-corrected chi connectivity index (χ1v) is 6.29. The van der Waals surface area contributed by atoms with Crippen LogP contribution in [0.4, 0.5) is 0 Å². The molecule has 0 unspecified atom stereocenters. The molecule has 1 heterocycles. The summed E-state index contributed by atoms with van der Waals surface area (Å²) < 4.78 is 0. The number of hydrogen-bond acceptors (Lipinski definition) is 2. The molecule has 0 aliphatic carbocycles. The topological polar surface area (TPSA) is 49.0 Å². The number of hydrogen-bond donors (Lipinski definition) is 1. The number of benzene rings is 1. The van der Waals surface area contributed by atoms with E-state index in [0.29, 0.717) is 6.54 Å². The number of rotatable bonds is 4. The van der Waals surface area contributed by atoms with E-state index < -0.39 is 0 Å². The van der Waals surface area contributed by atoms with Gasteiger partial charge in [-0.3, -0.25) is 4.79 Å². The van der Waals surface area contributed by atoms with Crippen LogP contribution >= 0.6 is 0 Å². The maximum Gasteiger partial charge on any atom is 0.219 e. The summed E-state index contributed by atoms with van der Waals surface area (Å²) >= 11 is 0. The molecule has 1 aromatic heterocycles. The van der Waals surface area contributed by atoms with Gasteiger partial charge in [0.25, 0.3) is 0 Å². The lowest BCUT2D eigenvalue weighted by molar-refractivity contribution is -0.128. The molecule has 0 spiro atoms. The number of nitrogens with zero attached hydrogens (tertiary/aromatic N) is 2. The second-order valence-corrected chi connectivity index (χ2v) is 4.66. The first-order chi connectivity index (χ1) is 8.60. The molecule has 0 fully saturated rings. The SMILES string of the molecule is CCCc1nc2ccc(CN(C)C(C)=O)cc2[nH]1. The molecule has 1 N–H and O–H groups in total.